The molecule has 1 aliphatic rings. The normalized spacial score (nSPS) is 12.5. The standard InChI is InChI=1S/C20H22N2O5/c1-25-12-19(23)22-9-8-13-10-14(4-7-17(13)22)21-20(24)16-6-5-15(26-2)11-18(16)27-3/h4-7,10-11H,8-9,12H2,1-3H3,(H,21,24). The summed E-state index contributed by atoms with van der Waals surface area (Å²) in [4.78, 5) is 26.4. The Labute approximate surface area is 157 Å². The van der Waals surface area contributed by atoms with Crippen LogP contribution in [-0.4, -0.2) is 46.3 Å². The number of nitrogens with one attached hydrogen (secondary N) is 1. The zero-order valence-corrected chi connectivity index (χ0v) is 15.6. The molecule has 0 saturated carbocycles. The van der Waals surface area contributed by atoms with Crippen LogP contribution < -0.4 is 19.7 Å². The molecule has 0 fully saturated rings. The summed E-state index contributed by atoms with van der Waals surface area (Å²) in [5.41, 5.74) is 2.95. The average molecular weight is 370 g/mol. The van der Waals surface area contributed by atoms with Crippen LogP contribution in [-0.2, 0) is 16.0 Å². The molecular formula is C20H22N2O5. The fraction of sp³-hybridized carbons (Fsp3) is 0.300. The molecular weight excluding hydrogens is 348 g/mol. The van der Waals surface area contributed by atoms with Gasteiger partial charge in [0.1, 0.15) is 18.1 Å². The van der Waals surface area contributed by atoms with Gasteiger partial charge in [-0.3, -0.25) is 9.59 Å². The van der Waals surface area contributed by atoms with Crippen LogP contribution in [0.1, 0.15) is 15.9 Å². The van der Waals surface area contributed by atoms with Crippen LogP contribution in [0.4, 0.5) is 11.4 Å². The number of fused-ring (bicyclic) bond motifs is 1. The molecule has 1 heterocycles. The Morgan fingerprint density at radius 1 is 1.07 bits per heavy atom. The van der Waals surface area contributed by atoms with Gasteiger partial charge in [0.25, 0.3) is 11.8 Å². The molecule has 0 radical (unpaired) electrons. The van der Waals surface area contributed by atoms with Crippen molar-refractivity contribution in [1.82, 2.24) is 0 Å². The molecule has 27 heavy (non-hydrogen) atoms. The first-order valence-electron chi connectivity index (χ1n) is 8.53. The van der Waals surface area contributed by atoms with E-state index in [-0.39, 0.29) is 18.4 Å². The highest BCUT2D eigenvalue weighted by Gasteiger charge is 2.25. The van der Waals surface area contributed by atoms with E-state index in [4.69, 9.17) is 14.2 Å². The number of hydrogen-bond acceptors (Lipinski definition) is 5. The number of benzene rings is 2. The van der Waals surface area contributed by atoms with Gasteiger partial charge in [0.05, 0.1) is 19.8 Å². The lowest BCUT2D eigenvalue weighted by Crippen LogP contribution is -2.31. The molecule has 0 saturated heterocycles. The van der Waals surface area contributed by atoms with Gasteiger partial charge in [0.15, 0.2) is 0 Å². The maximum absolute atomic E-state index is 12.6. The van der Waals surface area contributed by atoms with E-state index in [0.29, 0.717) is 29.3 Å². The quantitative estimate of drug-likeness (QED) is 0.845. The van der Waals surface area contributed by atoms with Gasteiger partial charge in [-0.25, -0.2) is 0 Å². The molecule has 2 aromatic rings. The highest BCUT2D eigenvalue weighted by molar-refractivity contribution is 6.06. The first-order valence-corrected chi connectivity index (χ1v) is 8.53. The maximum atomic E-state index is 12.6. The lowest BCUT2D eigenvalue weighted by Gasteiger charge is -2.17. The van der Waals surface area contributed by atoms with Crippen LogP contribution in [0.3, 0.4) is 0 Å². The second-order valence-corrected chi connectivity index (χ2v) is 6.09. The van der Waals surface area contributed by atoms with Crippen LogP contribution in [0.5, 0.6) is 11.5 Å². The van der Waals surface area contributed by atoms with E-state index in [0.717, 1.165) is 17.7 Å². The van der Waals surface area contributed by atoms with E-state index in [1.165, 1.54) is 14.2 Å². The van der Waals surface area contributed by atoms with Crippen LogP contribution in [0, 0.1) is 0 Å². The molecule has 7 heteroatoms. The van der Waals surface area contributed by atoms with E-state index in [9.17, 15) is 9.59 Å². The summed E-state index contributed by atoms with van der Waals surface area (Å²) in [5.74, 6) is 0.696. The molecule has 0 aromatic heterocycles. The van der Waals surface area contributed by atoms with Crippen LogP contribution in [0.2, 0.25) is 0 Å². The zero-order chi connectivity index (χ0) is 19.4. The number of rotatable bonds is 6. The molecule has 3 rings (SSSR count). The maximum Gasteiger partial charge on any atom is 0.259 e. The number of nitrogens with zero attached hydrogens (tertiary/aromatic N) is 1. The summed E-state index contributed by atoms with van der Waals surface area (Å²) in [5, 5.41) is 2.88. The van der Waals surface area contributed by atoms with Crippen LogP contribution >= 0.6 is 0 Å². The van der Waals surface area contributed by atoms with Gasteiger partial charge >= 0.3 is 0 Å². The molecule has 142 valence electrons. The van der Waals surface area contributed by atoms with Gasteiger partial charge in [-0.2, -0.15) is 0 Å². The van der Waals surface area contributed by atoms with E-state index < -0.39 is 0 Å². The van der Waals surface area contributed by atoms with Crippen molar-refractivity contribution < 1.29 is 23.8 Å². The fourth-order valence-electron chi connectivity index (χ4n) is 3.12. The van der Waals surface area contributed by atoms with Crippen molar-refractivity contribution in [3.8, 4) is 11.5 Å². The molecule has 0 unspecified atom stereocenters. The van der Waals surface area contributed by atoms with Gasteiger partial charge in [0.2, 0.25) is 0 Å². The van der Waals surface area contributed by atoms with E-state index in [1.54, 1.807) is 36.3 Å². The number of hydrogen-bond donors (Lipinski definition) is 1. The molecule has 0 atom stereocenters. The Kier molecular flexibility index (Phi) is 5.61. The Morgan fingerprint density at radius 2 is 1.89 bits per heavy atom. The minimum Gasteiger partial charge on any atom is -0.497 e. The second kappa shape index (κ2) is 8.09. The van der Waals surface area contributed by atoms with Crippen LogP contribution in [0.25, 0.3) is 0 Å². The lowest BCUT2D eigenvalue weighted by molar-refractivity contribution is -0.122. The van der Waals surface area contributed by atoms with E-state index in [2.05, 4.69) is 5.32 Å². The Morgan fingerprint density at radius 3 is 2.59 bits per heavy atom. The number of carbonyl (C=O) groups is 2. The third kappa shape index (κ3) is 3.88. The summed E-state index contributed by atoms with van der Waals surface area (Å²) >= 11 is 0. The van der Waals surface area contributed by atoms with Crippen LogP contribution in [0.15, 0.2) is 36.4 Å². The topological polar surface area (TPSA) is 77.1 Å². The molecule has 2 amide bonds. The summed E-state index contributed by atoms with van der Waals surface area (Å²) in [7, 11) is 4.56. The lowest BCUT2D eigenvalue weighted by atomic mass is 10.1. The zero-order valence-electron chi connectivity index (χ0n) is 15.6. The minimum absolute atomic E-state index is 0.0508. The first kappa shape index (κ1) is 18.7. The van der Waals surface area contributed by atoms with Gasteiger partial charge in [0, 0.05) is 31.1 Å². The summed E-state index contributed by atoms with van der Waals surface area (Å²) in [6.45, 7) is 0.663. The van der Waals surface area contributed by atoms with Gasteiger partial charge in [-0.05, 0) is 42.3 Å². The second-order valence-electron chi connectivity index (χ2n) is 6.09. The van der Waals surface area contributed by atoms with Crippen molar-refractivity contribution in [2.75, 3.05) is 44.7 Å². The fourth-order valence-corrected chi connectivity index (χ4v) is 3.12. The smallest absolute Gasteiger partial charge is 0.259 e. The SMILES string of the molecule is COCC(=O)N1CCc2cc(NC(=O)c3ccc(OC)cc3OC)ccc21. The number of methoxy groups -OCH3 is 3. The molecule has 0 spiro atoms. The molecule has 7 nitrogen and oxygen atoms in total. The third-order valence-corrected chi connectivity index (χ3v) is 4.46. The van der Waals surface area contributed by atoms with E-state index >= 15 is 0 Å². The number of ether oxygens (including phenoxy) is 3. The van der Waals surface area contributed by atoms with Gasteiger partial charge in [-0.15, -0.1) is 0 Å². The van der Waals surface area contributed by atoms with Gasteiger partial charge in [-0.1, -0.05) is 0 Å². The Balaban J connectivity index is 1.78. The molecule has 1 aliphatic heterocycles. The van der Waals surface area contributed by atoms with Gasteiger partial charge < -0.3 is 24.4 Å². The highest BCUT2D eigenvalue weighted by atomic mass is 16.5. The summed E-state index contributed by atoms with van der Waals surface area (Å²) in [6.07, 6.45) is 0.736. The van der Waals surface area contributed by atoms with Crippen molar-refractivity contribution in [3.05, 3.63) is 47.5 Å². The Bertz CT molecular complexity index is 865. The van der Waals surface area contributed by atoms with Crippen molar-refractivity contribution in [3.63, 3.8) is 0 Å². The van der Waals surface area contributed by atoms with E-state index in [1.807, 2.05) is 12.1 Å². The van der Waals surface area contributed by atoms with Crippen molar-refractivity contribution in [1.29, 1.82) is 0 Å². The summed E-state index contributed by atoms with van der Waals surface area (Å²) in [6, 6.07) is 10.5. The average Bonchev–Trinajstić information content (AvgIpc) is 3.10. The molecule has 1 N–H and O–H groups in total. The van der Waals surface area contributed by atoms with Crippen molar-refractivity contribution in [2.45, 2.75) is 6.42 Å². The number of carbonyl (C=O) groups excluding carboxylic acids is 2. The van der Waals surface area contributed by atoms with Crippen molar-refractivity contribution in [2.24, 2.45) is 0 Å². The number of anilines is 2. The monoisotopic (exact) mass is 370 g/mol. The Hall–Kier alpha value is -3.06. The molecule has 0 aliphatic carbocycles. The third-order valence-electron chi connectivity index (χ3n) is 4.46. The first-order chi connectivity index (χ1) is 13.1. The predicted octanol–water partition coefficient (Wildman–Crippen LogP) is 2.49. The minimum atomic E-state index is -0.278. The summed E-state index contributed by atoms with van der Waals surface area (Å²) < 4.78 is 15.4. The highest BCUT2D eigenvalue weighted by Crippen LogP contribution is 2.31. The van der Waals surface area contributed by atoms with Crippen molar-refractivity contribution >= 4 is 23.2 Å². The largest absolute Gasteiger partial charge is 0.497 e. The predicted molar refractivity (Wildman–Crippen MR) is 102 cm³/mol. The molecule has 2 aromatic carbocycles. The molecule has 0 bridgehead atoms. The number of amides is 2.